The van der Waals surface area contributed by atoms with Gasteiger partial charge in [0.1, 0.15) is 0 Å². The van der Waals surface area contributed by atoms with Crippen molar-refractivity contribution in [2.75, 3.05) is 39.3 Å². The first-order valence-electron chi connectivity index (χ1n) is 41.9. The normalized spacial score (nSPS) is 18.1. The quantitative estimate of drug-likeness (QED) is 0.0977. The van der Waals surface area contributed by atoms with Crippen LogP contribution in [-0.4, -0.2) is 92.6 Å². The Morgan fingerprint density at radius 1 is 0.305 bits per heavy atom. The lowest BCUT2D eigenvalue weighted by Crippen LogP contribution is -2.55. The lowest BCUT2D eigenvalue weighted by Gasteiger charge is -2.62. The molecule has 4 saturated carbocycles. The topological polar surface area (TPSA) is 193 Å². The zero-order valence-corrected chi connectivity index (χ0v) is 76.6. The van der Waals surface area contributed by atoms with E-state index in [-0.39, 0.29) is 75.9 Å². The van der Waals surface area contributed by atoms with Crippen LogP contribution in [0, 0.1) is 129 Å². The van der Waals surface area contributed by atoms with Gasteiger partial charge in [0.2, 0.25) is 0 Å². The van der Waals surface area contributed by atoms with Gasteiger partial charge in [-0.2, -0.15) is 0 Å². The first-order chi connectivity index (χ1) is 61.7. The molecule has 9 aromatic rings. The summed E-state index contributed by atoms with van der Waals surface area (Å²) in [6, 6.07) is 57.2. The fraction of sp³-hybridized carbons (Fsp3) is 0.257. The summed E-state index contributed by atoms with van der Waals surface area (Å²) in [5.74, 6) is 64.5. The summed E-state index contributed by atoms with van der Waals surface area (Å²) in [7, 11) is 0. The summed E-state index contributed by atoms with van der Waals surface area (Å²) < 4.78 is 0. The predicted octanol–water partition coefficient (Wildman–Crippen LogP) is 17.7. The molecule has 4 fully saturated rings. The number of benzene rings is 9. The van der Waals surface area contributed by atoms with Gasteiger partial charge in [0, 0.05) is 232 Å². The van der Waals surface area contributed by atoms with E-state index in [9.17, 15) is 43.2 Å². The first-order valence-corrected chi connectivity index (χ1v) is 47.9. The van der Waals surface area contributed by atoms with E-state index in [0.29, 0.717) is 101 Å². The van der Waals surface area contributed by atoms with Crippen LogP contribution in [-0.2, 0) is 63.3 Å². The predicted molar refractivity (Wildman–Crippen MR) is 518 cm³/mol. The molecule has 3 aliphatic heterocycles. The van der Waals surface area contributed by atoms with Gasteiger partial charge in [-0.15, -0.1) is 0 Å². The van der Waals surface area contributed by atoms with Gasteiger partial charge in [-0.1, -0.05) is 214 Å². The molecular formula is C109H88N4O9S6. The van der Waals surface area contributed by atoms with Crippen LogP contribution in [0.5, 0.6) is 0 Å². The number of nitrogens with one attached hydrogen (secondary N) is 3. The molecular weight excluding hydrogens is 1700 g/mol. The largest absolute Gasteiger partial charge is 0.351 e. The summed E-state index contributed by atoms with van der Waals surface area (Å²) in [5, 5.41) is 9.28. The summed E-state index contributed by atoms with van der Waals surface area (Å²) in [4.78, 5) is 120. The molecule has 0 atom stereocenters. The third-order valence-electron chi connectivity index (χ3n) is 21.7. The maximum absolute atomic E-state index is 14.9. The second kappa shape index (κ2) is 42.9. The van der Waals surface area contributed by atoms with Gasteiger partial charge < -0.3 is 16.0 Å². The molecule has 9 aromatic carbocycles. The Balaban J connectivity index is 0.899. The number of carbonyl (C=O) groups excluding carboxylic acids is 9. The summed E-state index contributed by atoms with van der Waals surface area (Å²) >= 11 is 7.11. The molecule has 3 heterocycles. The minimum atomic E-state index is -0.456. The highest BCUT2D eigenvalue weighted by Crippen LogP contribution is 2.69. The lowest BCUT2D eigenvalue weighted by molar-refractivity contribution is -0.109. The molecule has 17 bridgehead atoms. The molecule has 13 nitrogen and oxygen atoms in total. The third-order valence-corrected chi connectivity index (χ3v) is 27.0. The van der Waals surface area contributed by atoms with Gasteiger partial charge in [0.05, 0.1) is 0 Å². The van der Waals surface area contributed by atoms with Crippen molar-refractivity contribution in [3.05, 3.63) is 316 Å². The first kappa shape index (κ1) is 91.7. The van der Waals surface area contributed by atoms with Crippen LogP contribution in [0.4, 0.5) is 0 Å². The number of carbonyl (C=O) groups is 9. The van der Waals surface area contributed by atoms with Crippen LogP contribution >= 0.6 is 70.6 Å². The number of amides is 3. The Labute approximate surface area is 775 Å². The highest BCUT2D eigenvalue weighted by Gasteiger charge is 2.62. The van der Waals surface area contributed by atoms with E-state index < -0.39 is 34.0 Å². The number of hydrogen-bond acceptors (Lipinski definition) is 16. The minimum absolute atomic E-state index is 0.0302. The minimum Gasteiger partial charge on any atom is -0.351 e. The molecule has 0 unspecified atom stereocenters. The van der Waals surface area contributed by atoms with Gasteiger partial charge in [-0.3, -0.25) is 48.1 Å². The maximum atomic E-state index is 14.9. The van der Waals surface area contributed by atoms with Crippen molar-refractivity contribution in [1.29, 1.82) is 0 Å². The zero-order valence-electron chi connectivity index (χ0n) is 71.7. The van der Waals surface area contributed by atoms with Crippen LogP contribution < -0.4 is 16.0 Å². The molecule has 3 amide bonds. The van der Waals surface area contributed by atoms with Crippen LogP contribution in [0.15, 0.2) is 182 Å². The fourth-order valence-corrected chi connectivity index (χ4v) is 20.0. The van der Waals surface area contributed by atoms with Crippen molar-refractivity contribution >= 4 is 119 Å². The SMILES string of the molecule is CC(=O)SCc1cc(C#Cc2cc3cc(c2)C(=O)NCCN2CCNC(=O)c4cc(cc(C#Cc5cc(CSC(C)=O)cc(CSC(C)=O)c5)c4)C#Cc4cccc(c4)C#CC45CC6CC(C#Cc7cccc(c7)C#C3)(C4)CC(C#Cc3cccc(c3)C#Cc3cc(C#Cc4cc(CSC(C)=O)cc(CSC(C)=O)c4)cc(c3)C(=O)NCC2)(C6)C5)cc(CSC(C)=O)c1. The Kier molecular flexibility index (Phi) is 30.7. The fourth-order valence-electron chi connectivity index (χ4n) is 16.8. The molecule has 634 valence electrons. The van der Waals surface area contributed by atoms with Crippen molar-refractivity contribution in [3.8, 4) is 107 Å². The summed E-state index contributed by atoms with van der Waals surface area (Å²) in [5.41, 5.74) is 14.4. The van der Waals surface area contributed by atoms with Crippen molar-refractivity contribution in [2.24, 2.45) is 22.2 Å². The van der Waals surface area contributed by atoms with E-state index in [1.165, 1.54) is 112 Å². The van der Waals surface area contributed by atoms with Gasteiger partial charge >= 0.3 is 0 Å². The molecule has 16 rings (SSSR count). The van der Waals surface area contributed by atoms with E-state index in [1.54, 1.807) is 36.4 Å². The molecule has 4 aliphatic carbocycles. The average molecular weight is 1790 g/mol. The van der Waals surface area contributed by atoms with E-state index >= 15 is 0 Å². The number of fused-ring (bicyclic) bond motifs is 9. The van der Waals surface area contributed by atoms with Crippen LogP contribution in [0.3, 0.4) is 0 Å². The van der Waals surface area contributed by atoms with E-state index in [4.69, 9.17) is 0 Å². The van der Waals surface area contributed by atoms with Gasteiger partial charge in [0.15, 0.2) is 30.7 Å². The number of rotatable bonds is 12. The number of nitrogens with zero attached hydrogens (tertiary/aromatic N) is 1. The average Bonchev–Trinajstić information content (AvgIpc) is 0.701. The van der Waals surface area contributed by atoms with Gasteiger partial charge in [-0.05, 0) is 223 Å². The lowest BCUT2D eigenvalue weighted by atomic mass is 9.40. The van der Waals surface area contributed by atoms with E-state index in [2.05, 4.69) is 123 Å². The third kappa shape index (κ3) is 27.0. The highest BCUT2D eigenvalue weighted by molar-refractivity contribution is 8.14. The number of hydrogen-bond donors (Lipinski definition) is 3. The van der Waals surface area contributed by atoms with Crippen molar-refractivity contribution in [2.45, 2.75) is 115 Å². The Morgan fingerprint density at radius 3 is 0.773 bits per heavy atom. The summed E-state index contributed by atoms with van der Waals surface area (Å²) in [6.07, 6.45) is 4.90. The molecule has 0 saturated heterocycles. The van der Waals surface area contributed by atoms with Crippen molar-refractivity contribution in [3.63, 3.8) is 0 Å². The smallest absolute Gasteiger partial charge is 0.251 e. The van der Waals surface area contributed by atoms with Gasteiger partial charge in [-0.25, -0.2) is 0 Å². The monoisotopic (exact) mass is 1790 g/mol. The Hall–Kier alpha value is -12.5. The Morgan fingerprint density at radius 2 is 0.531 bits per heavy atom. The van der Waals surface area contributed by atoms with E-state index in [0.717, 1.165) is 105 Å². The van der Waals surface area contributed by atoms with Crippen molar-refractivity contribution < 1.29 is 43.2 Å². The zero-order chi connectivity index (χ0) is 89.7. The van der Waals surface area contributed by atoms with Crippen molar-refractivity contribution in [1.82, 2.24) is 20.9 Å². The second-order valence-electron chi connectivity index (χ2n) is 32.6. The van der Waals surface area contributed by atoms with Crippen LogP contribution in [0.25, 0.3) is 0 Å². The molecule has 3 N–H and O–H groups in total. The van der Waals surface area contributed by atoms with E-state index in [1.807, 2.05) is 150 Å². The van der Waals surface area contributed by atoms with Crippen LogP contribution in [0.1, 0.15) is 228 Å². The maximum Gasteiger partial charge on any atom is 0.251 e. The number of thioether (sulfide) groups is 6. The molecule has 0 aromatic heterocycles. The standard InChI is InChI=1S/C109H88N4O9S6/c1-73(114)123-64-94-46-85(47-95(52-94)65-124-74(2)115)22-25-91-43-88-19-16-79-10-7-13-82(40-79)28-31-107-61-100-62-108(70-107)32-29-83-14-8-11-80(41-83)17-20-89-44-92(26-23-86-48-96(66-125-75(3)116)53-97(49-86)67-126-76(4)117)59-102(56-89)105(121)111-35-38-113(37-34-110-104(120)101(55-88)58-91)39-36-112-106(122)103-57-90(21-18-81-12-9-15-84(42-81)30-33-109(63-100,71-107)72-108)45-93(60-103)27-24-87-50-98(68-127-77(5)118)54-99(51-87)69-128-78(6)119/h7-15,40-60,100H,34-39,61-72H2,1-6H3,(H,110,120)(H,111,121)(H,112,122). The highest BCUT2D eigenvalue weighted by atomic mass is 32.2. The molecule has 3 spiro atoms. The molecule has 128 heavy (non-hydrogen) atoms. The molecule has 19 heteroatoms. The summed E-state index contributed by atoms with van der Waals surface area (Å²) in [6.45, 7) is 10.2. The Bertz CT molecular complexity index is 5940. The van der Waals surface area contributed by atoms with Crippen LogP contribution in [0.2, 0.25) is 0 Å². The van der Waals surface area contributed by atoms with Gasteiger partial charge in [0.25, 0.3) is 17.7 Å². The molecule has 7 aliphatic rings. The molecule has 0 radical (unpaired) electrons. The second-order valence-corrected chi connectivity index (χ2v) is 39.6.